The maximum Gasteiger partial charge on any atom is 0.416 e. The van der Waals surface area contributed by atoms with Crippen LogP contribution in [0.2, 0.25) is 0 Å². The van der Waals surface area contributed by atoms with E-state index in [9.17, 15) is 9.59 Å². The van der Waals surface area contributed by atoms with Gasteiger partial charge in [0, 0.05) is 0 Å². The molecule has 4 heterocycles. The summed E-state index contributed by atoms with van der Waals surface area (Å²) >= 11 is 0. The number of hydrogen-bond donors (Lipinski definition) is 0. The van der Waals surface area contributed by atoms with Crippen LogP contribution in [0.4, 0.5) is 21.2 Å². The Morgan fingerprint density at radius 2 is 0.902 bits per heavy atom. The zero-order valence-electron chi connectivity index (χ0n) is 27.9. The van der Waals surface area contributed by atoms with Crippen molar-refractivity contribution in [2.45, 2.75) is 44.4 Å². The van der Waals surface area contributed by atoms with Crippen LogP contribution in [0.15, 0.2) is 121 Å². The molecule has 2 fully saturated rings. The molecular weight excluding hydrogens is 644 g/mol. The number of benzene rings is 4. The smallest absolute Gasteiger partial charge is 0.416 e. The summed E-state index contributed by atoms with van der Waals surface area (Å²) in [6.45, 7) is 1.41. The predicted octanol–water partition coefficient (Wildman–Crippen LogP) is 6.54. The van der Waals surface area contributed by atoms with Gasteiger partial charge >= 0.3 is 12.2 Å². The molecule has 2 saturated heterocycles. The van der Waals surface area contributed by atoms with E-state index in [2.05, 4.69) is 20.6 Å². The number of ether oxygens (including phenoxy) is 2. The second-order valence-electron chi connectivity index (χ2n) is 12.6. The predicted molar refractivity (Wildman–Crippen MR) is 189 cm³/mol. The van der Waals surface area contributed by atoms with Crippen LogP contribution in [0, 0.1) is 0 Å². The zero-order valence-corrected chi connectivity index (χ0v) is 27.9. The van der Waals surface area contributed by atoms with Crippen molar-refractivity contribution < 1.29 is 19.1 Å². The first-order chi connectivity index (χ1) is 25.1. The molecule has 0 unspecified atom stereocenters. The van der Waals surface area contributed by atoms with E-state index >= 15 is 0 Å². The van der Waals surface area contributed by atoms with Crippen LogP contribution >= 0.6 is 0 Å². The molecule has 0 N–H and O–H groups in total. The van der Waals surface area contributed by atoms with Crippen LogP contribution in [0.1, 0.15) is 52.1 Å². The molecule has 6 aromatic rings. The van der Waals surface area contributed by atoms with E-state index in [0.717, 1.165) is 33.6 Å². The zero-order chi connectivity index (χ0) is 34.6. The number of anilines is 2. The summed E-state index contributed by atoms with van der Waals surface area (Å²) in [4.78, 5) is 29.8. The molecule has 0 radical (unpaired) electrons. The van der Waals surface area contributed by atoms with Crippen molar-refractivity contribution in [3.8, 4) is 0 Å². The van der Waals surface area contributed by atoms with Crippen LogP contribution in [0.5, 0.6) is 0 Å². The van der Waals surface area contributed by atoms with Crippen molar-refractivity contribution in [3.05, 3.63) is 155 Å². The fourth-order valence-electron chi connectivity index (χ4n) is 6.85. The quantitative estimate of drug-likeness (QED) is 0.143. The molecule has 51 heavy (non-hydrogen) atoms. The van der Waals surface area contributed by atoms with Gasteiger partial charge < -0.3 is 9.47 Å². The monoisotopic (exact) mass is 680 g/mol. The van der Waals surface area contributed by atoms with Crippen molar-refractivity contribution in [3.63, 3.8) is 0 Å². The number of aromatic nitrogens is 6. The number of carbonyl (C=O) groups is 2. The number of hydrogen-bond acceptors (Lipinski definition) is 8. The van der Waals surface area contributed by atoms with Gasteiger partial charge in [-0.2, -0.15) is 0 Å². The minimum atomic E-state index is -0.455. The van der Waals surface area contributed by atoms with Crippen molar-refractivity contribution in [1.82, 2.24) is 30.0 Å². The highest BCUT2D eigenvalue weighted by Crippen LogP contribution is 2.36. The second-order valence-corrected chi connectivity index (χ2v) is 12.6. The summed E-state index contributed by atoms with van der Waals surface area (Å²) in [5.41, 5.74) is 5.65. The summed E-state index contributed by atoms with van der Waals surface area (Å²) < 4.78 is 14.9. The summed E-state index contributed by atoms with van der Waals surface area (Å²) in [5.74, 6) is 0.955. The van der Waals surface area contributed by atoms with Gasteiger partial charge in [0.2, 0.25) is 0 Å². The molecule has 2 atom stereocenters. The molecule has 2 aliphatic heterocycles. The Labute approximate surface area is 294 Å². The van der Waals surface area contributed by atoms with E-state index in [0.29, 0.717) is 44.0 Å². The lowest BCUT2D eigenvalue weighted by molar-refractivity contribution is 0.178. The minimum absolute atomic E-state index is 0.218. The van der Waals surface area contributed by atoms with Crippen molar-refractivity contribution in [2.75, 3.05) is 23.0 Å². The van der Waals surface area contributed by atoms with E-state index in [4.69, 9.17) is 9.47 Å². The highest BCUT2D eigenvalue weighted by atomic mass is 16.6. The molecule has 4 aromatic carbocycles. The van der Waals surface area contributed by atoms with Crippen molar-refractivity contribution in [2.24, 2.45) is 0 Å². The summed E-state index contributed by atoms with van der Waals surface area (Å²) in [7, 11) is 0. The molecule has 0 bridgehead atoms. The van der Waals surface area contributed by atoms with Crippen LogP contribution in [0.3, 0.4) is 0 Å². The molecule has 0 spiro atoms. The lowest BCUT2D eigenvalue weighted by Crippen LogP contribution is -2.29. The Morgan fingerprint density at radius 1 is 0.529 bits per heavy atom. The number of rotatable bonds is 12. The molecule has 0 aliphatic carbocycles. The first kappa shape index (κ1) is 31.9. The number of carbonyl (C=O) groups excluding carboxylic acids is 2. The van der Waals surface area contributed by atoms with Gasteiger partial charge in [0.1, 0.15) is 25.3 Å². The molecule has 8 rings (SSSR count). The van der Waals surface area contributed by atoms with Gasteiger partial charge in [-0.25, -0.2) is 28.8 Å². The Hall–Kier alpha value is -6.30. The van der Waals surface area contributed by atoms with Crippen molar-refractivity contribution >= 4 is 23.8 Å². The summed E-state index contributed by atoms with van der Waals surface area (Å²) in [5, 5.41) is 18.3. The standard InChI is InChI=1S/C39H36N8O4/c48-38-46(34(26-50-38)30-18-9-3-10-19-30)36-32(44(42-40-36)24-28-14-5-1-6-15-28)22-13-23-33-37(41-43-45(33)25-29-16-7-2-8-17-29)47-35(27-51-39(47)49)31-20-11-4-12-21-31/h1-12,14-21,34-35H,13,22-27H2/t34-,35-/m0/s1. The third-order valence-corrected chi connectivity index (χ3v) is 9.38. The van der Waals surface area contributed by atoms with Gasteiger partial charge in [-0.15, -0.1) is 10.2 Å². The largest absolute Gasteiger partial charge is 0.447 e. The third kappa shape index (κ3) is 6.55. The Morgan fingerprint density at radius 3 is 1.29 bits per heavy atom. The Bertz CT molecular complexity index is 1950. The Kier molecular flexibility index (Phi) is 8.94. The highest BCUT2D eigenvalue weighted by Gasteiger charge is 2.40. The van der Waals surface area contributed by atoms with Gasteiger partial charge in [0.15, 0.2) is 11.6 Å². The van der Waals surface area contributed by atoms with Gasteiger partial charge in [-0.05, 0) is 41.5 Å². The van der Waals surface area contributed by atoms with E-state index in [1.54, 1.807) is 9.80 Å². The van der Waals surface area contributed by atoms with Gasteiger partial charge in [0.25, 0.3) is 0 Å². The van der Waals surface area contributed by atoms with E-state index in [1.165, 1.54) is 0 Å². The molecular formula is C39H36N8O4. The lowest BCUT2D eigenvalue weighted by atomic mass is 10.1. The van der Waals surface area contributed by atoms with Crippen LogP contribution in [0.25, 0.3) is 0 Å². The van der Waals surface area contributed by atoms with E-state index < -0.39 is 12.2 Å². The molecule has 2 amide bonds. The lowest BCUT2D eigenvalue weighted by Gasteiger charge is -2.21. The van der Waals surface area contributed by atoms with Gasteiger partial charge in [0.05, 0.1) is 24.5 Å². The minimum Gasteiger partial charge on any atom is -0.447 e. The summed E-state index contributed by atoms with van der Waals surface area (Å²) in [6.07, 6.45) is 0.779. The topological polar surface area (TPSA) is 120 Å². The Balaban J connectivity index is 1.13. The maximum atomic E-state index is 13.3. The molecule has 256 valence electrons. The van der Waals surface area contributed by atoms with Crippen LogP contribution in [-0.2, 0) is 35.4 Å². The fourth-order valence-corrected chi connectivity index (χ4v) is 6.85. The third-order valence-electron chi connectivity index (χ3n) is 9.38. The maximum absolute atomic E-state index is 13.3. The van der Waals surface area contributed by atoms with Gasteiger partial charge in [-0.3, -0.25) is 0 Å². The SMILES string of the molecule is O=C1OC[C@@H](c2ccccc2)N1c1nnn(Cc2ccccc2)c1CCCc1c(N2C(=O)OC[C@H]2c2ccccc2)nnn1Cc1ccccc1. The van der Waals surface area contributed by atoms with Crippen molar-refractivity contribution in [1.29, 1.82) is 0 Å². The fraction of sp³-hybridized carbons (Fsp3) is 0.231. The van der Waals surface area contributed by atoms with Crippen LogP contribution in [-0.4, -0.2) is 55.4 Å². The molecule has 2 aliphatic rings. The second kappa shape index (κ2) is 14.3. The van der Waals surface area contributed by atoms with Gasteiger partial charge in [-0.1, -0.05) is 132 Å². The molecule has 12 nitrogen and oxygen atoms in total. The summed E-state index contributed by atoms with van der Waals surface area (Å²) in [6, 6.07) is 39.1. The molecule has 12 heteroatoms. The van der Waals surface area contributed by atoms with Crippen LogP contribution < -0.4 is 9.80 Å². The average Bonchev–Trinajstić information content (AvgIpc) is 3.96. The van der Waals surface area contributed by atoms with E-state index in [1.807, 2.05) is 131 Å². The first-order valence-corrected chi connectivity index (χ1v) is 17.1. The normalized spacial score (nSPS) is 17.2. The highest BCUT2D eigenvalue weighted by molar-refractivity contribution is 5.90. The first-order valence-electron chi connectivity index (χ1n) is 17.1. The number of cyclic esters (lactones) is 2. The number of amides is 2. The average molecular weight is 681 g/mol. The number of nitrogens with zero attached hydrogens (tertiary/aromatic N) is 8. The molecule has 2 aromatic heterocycles. The molecule has 0 saturated carbocycles. The van der Waals surface area contributed by atoms with E-state index in [-0.39, 0.29) is 25.3 Å².